The number of nitrogen functional groups attached to an aromatic ring is 1. The molecular weight excluding hydrogens is 354 g/mol. The average molecular weight is 378 g/mol. The van der Waals surface area contributed by atoms with Crippen molar-refractivity contribution in [1.82, 2.24) is 4.90 Å². The van der Waals surface area contributed by atoms with Crippen molar-refractivity contribution < 1.29 is 23.0 Å². The molecule has 0 aliphatic heterocycles. The maximum absolute atomic E-state index is 12.5. The Morgan fingerprint density at radius 2 is 1.93 bits per heavy atom. The minimum Gasteiger partial charge on any atom is -0.490 e. The summed E-state index contributed by atoms with van der Waals surface area (Å²) < 4.78 is 34.8. The fourth-order valence-corrected chi connectivity index (χ4v) is 2.67. The zero-order chi connectivity index (χ0) is 19.8. The second-order valence-electron chi connectivity index (χ2n) is 6.04. The second kappa shape index (κ2) is 9.75. The van der Waals surface area contributed by atoms with Gasteiger partial charge in [0.25, 0.3) is 0 Å². The number of rotatable bonds is 9. The molecule has 0 saturated carbocycles. The summed E-state index contributed by atoms with van der Waals surface area (Å²) in [5.41, 5.74) is 8.26. The topological polar surface area (TPSA) is 64.8 Å². The molecule has 0 unspecified atom stereocenters. The Balaban J connectivity index is 1.99. The van der Waals surface area contributed by atoms with Crippen molar-refractivity contribution in [1.29, 1.82) is 0 Å². The molecule has 7 heteroatoms. The Kier molecular flexibility index (Phi) is 7.40. The number of aryl methyl sites for hydroxylation is 1. The number of para-hydroxylation sites is 1. The summed E-state index contributed by atoms with van der Waals surface area (Å²) in [6.45, 7) is -0.525. The number of benzene rings is 2. The lowest BCUT2D eigenvalue weighted by Gasteiger charge is -2.19. The van der Waals surface area contributed by atoms with Crippen LogP contribution in [0.3, 0.4) is 0 Å². The van der Waals surface area contributed by atoms with Gasteiger partial charge in [0.1, 0.15) is 0 Å². The predicted octanol–water partition coefficient (Wildman–Crippen LogP) is 3.86. The van der Waals surface area contributed by atoms with Gasteiger partial charge in [-0.25, -0.2) is 0 Å². The van der Waals surface area contributed by atoms with Crippen molar-refractivity contribution in [3.05, 3.63) is 53.6 Å². The van der Waals surface area contributed by atoms with Crippen LogP contribution in [0.1, 0.15) is 24.5 Å². The quantitative estimate of drug-likeness (QED) is 0.673. The number of hydrogen-bond donors (Lipinski definition) is 1. The van der Waals surface area contributed by atoms with Gasteiger partial charge in [0, 0.05) is 25.7 Å². The van der Waals surface area contributed by atoms with Crippen LogP contribution in [0.15, 0.2) is 42.5 Å². The third-order valence-electron chi connectivity index (χ3n) is 4.03. The Labute approximate surface area is 157 Å². The predicted molar refractivity (Wildman–Crippen MR) is 99.9 cm³/mol. The van der Waals surface area contributed by atoms with E-state index in [2.05, 4.69) is 4.74 Å². The van der Waals surface area contributed by atoms with Gasteiger partial charge in [-0.3, -0.25) is 4.79 Å². The van der Waals surface area contributed by atoms with Gasteiger partial charge in [0.2, 0.25) is 5.91 Å². The number of halogens is 2. The van der Waals surface area contributed by atoms with Gasteiger partial charge in [-0.15, -0.1) is 0 Å². The molecule has 0 spiro atoms. The third kappa shape index (κ3) is 6.13. The zero-order valence-corrected chi connectivity index (χ0v) is 15.5. The van der Waals surface area contributed by atoms with Gasteiger partial charge in [-0.1, -0.05) is 24.3 Å². The van der Waals surface area contributed by atoms with E-state index in [0.717, 1.165) is 11.1 Å². The van der Waals surface area contributed by atoms with E-state index < -0.39 is 6.61 Å². The molecule has 0 saturated heterocycles. The summed E-state index contributed by atoms with van der Waals surface area (Å²) in [5, 5.41) is 0. The maximum Gasteiger partial charge on any atom is 0.387 e. The van der Waals surface area contributed by atoms with E-state index in [1.165, 1.54) is 6.07 Å². The van der Waals surface area contributed by atoms with E-state index in [9.17, 15) is 13.6 Å². The first-order valence-electron chi connectivity index (χ1n) is 8.68. The van der Waals surface area contributed by atoms with Crippen molar-refractivity contribution in [2.45, 2.75) is 32.9 Å². The number of anilines is 1. The molecular formula is C20H24F2N2O3. The zero-order valence-electron chi connectivity index (χ0n) is 15.5. The highest BCUT2D eigenvalue weighted by Crippen LogP contribution is 2.30. The molecule has 2 aromatic rings. The van der Waals surface area contributed by atoms with Crippen LogP contribution in [0.25, 0.3) is 0 Å². The van der Waals surface area contributed by atoms with E-state index in [1.807, 2.05) is 24.3 Å². The van der Waals surface area contributed by atoms with Crippen LogP contribution in [-0.2, 0) is 17.8 Å². The largest absolute Gasteiger partial charge is 0.490 e. The molecule has 1 amide bonds. The van der Waals surface area contributed by atoms with Crippen LogP contribution in [0, 0.1) is 0 Å². The number of hydrogen-bond acceptors (Lipinski definition) is 4. The van der Waals surface area contributed by atoms with Crippen molar-refractivity contribution in [2.75, 3.05) is 19.4 Å². The molecule has 0 bridgehead atoms. The van der Waals surface area contributed by atoms with Crippen molar-refractivity contribution in [3.8, 4) is 11.5 Å². The number of nitrogens with zero attached hydrogens (tertiary/aromatic N) is 1. The van der Waals surface area contributed by atoms with Crippen molar-refractivity contribution in [3.63, 3.8) is 0 Å². The van der Waals surface area contributed by atoms with Crippen LogP contribution < -0.4 is 15.2 Å². The van der Waals surface area contributed by atoms with Crippen LogP contribution in [0.5, 0.6) is 11.5 Å². The number of nitrogens with two attached hydrogens (primary N) is 1. The molecule has 0 fully saturated rings. The third-order valence-corrected chi connectivity index (χ3v) is 4.03. The van der Waals surface area contributed by atoms with Gasteiger partial charge in [-0.2, -0.15) is 8.78 Å². The number of alkyl halides is 2. The molecule has 5 nitrogen and oxygen atoms in total. The first-order chi connectivity index (χ1) is 12.9. The molecule has 146 valence electrons. The lowest BCUT2D eigenvalue weighted by atomic mass is 10.1. The molecule has 0 aliphatic rings. The van der Waals surface area contributed by atoms with Crippen molar-refractivity contribution >= 4 is 11.6 Å². The van der Waals surface area contributed by atoms with Gasteiger partial charge in [-0.05, 0) is 42.7 Å². The summed E-state index contributed by atoms with van der Waals surface area (Å²) in [5.74, 6) is 0.168. The van der Waals surface area contributed by atoms with Crippen LogP contribution in [0.4, 0.5) is 14.5 Å². The van der Waals surface area contributed by atoms with E-state index in [0.29, 0.717) is 31.7 Å². The van der Waals surface area contributed by atoms with Gasteiger partial charge >= 0.3 is 6.61 Å². The number of carbonyl (C=O) groups excluding carboxylic acids is 1. The summed E-state index contributed by atoms with van der Waals surface area (Å²) in [4.78, 5) is 14.0. The molecule has 2 aromatic carbocycles. The number of carbonyl (C=O) groups is 1. The Morgan fingerprint density at radius 1 is 1.19 bits per heavy atom. The standard InChI is InChI=1S/C20H24F2N2O3/c1-3-26-18-12-14(8-10-17(18)27-20(21)22)13-24(2)19(25)11-9-15-6-4-5-7-16(15)23/h4-8,10,12,20H,3,9,11,13,23H2,1-2H3. The van der Waals surface area contributed by atoms with Crippen LogP contribution >= 0.6 is 0 Å². The van der Waals surface area contributed by atoms with Crippen LogP contribution in [0.2, 0.25) is 0 Å². The number of ether oxygens (including phenoxy) is 2. The first-order valence-corrected chi connectivity index (χ1v) is 8.68. The highest BCUT2D eigenvalue weighted by atomic mass is 19.3. The monoisotopic (exact) mass is 378 g/mol. The van der Waals surface area contributed by atoms with Gasteiger partial charge in [0.05, 0.1) is 6.61 Å². The lowest BCUT2D eigenvalue weighted by Crippen LogP contribution is -2.26. The molecule has 27 heavy (non-hydrogen) atoms. The Bertz CT molecular complexity index is 769. The summed E-state index contributed by atoms with van der Waals surface area (Å²) in [6.07, 6.45) is 0.886. The molecule has 0 aliphatic carbocycles. The Morgan fingerprint density at radius 3 is 2.59 bits per heavy atom. The fourth-order valence-electron chi connectivity index (χ4n) is 2.67. The summed E-state index contributed by atoms with van der Waals surface area (Å²) >= 11 is 0. The minimum atomic E-state index is -2.93. The van der Waals surface area contributed by atoms with E-state index in [4.69, 9.17) is 10.5 Å². The minimum absolute atomic E-state index is 0.0240. The molecule has 0 aromatic heterocycles. The smallest absolute Gasteiger partial charge is 0.387 e. The molecule has 0 radical (unpaired) electrons. The van der Waals surface area contributed by atoms with Crippen molar-refractivity contribution in [2.24, 2.45) is 0 Å². The Hall–Kier alpha value is -2.83. The van der Waals surface area contributed by atoms with Gasteiger partial charge < -0.3 is 20.1 Å². The van der Waals surface area contributed by atoms with Gasteiger partial charge in [0.15, 0.2) is 11.5 Å². The molecule has 0 heterocycles. The molecule has 2 rings (SSSR count). The molecule has 0 atom stereocenters. The molecule has 2 N–H and O–H groups in total. The van der Waals surface area contributed by atoms with E-state index >= 15 is 0 Å². The van der Waals surface area contributed by atoms with E-state index in [1.54, 1.807) is 31.0 Å². The van der Waals surface area contributed by atoms with E-state index in [-0.39, 0.29) is 17.4 Å². The number of amides is 1. The highest BCUT2D eigenvalue weighted by Gasteiger charge is 2.14. The SMILES string of the molecule is CCOc1cc(CN(C)C(=O)CCc2ccccc2N)ccc1OC(F)F. The normalized spacial score (nSPS) is 10.7. The van der Waals surface area contributed by atoms with Crippen LogP contribution in [-0.4, -0.2) is 31.1 Å². The second-order valence-corrected chi connectivity index (χ2v) is 6.04. The summed E-state index contributed by atoms with van der Waals surface area (Å²) in [6, 6.07) is 12.1. The average Bonchev–Trinajstić information content (AvgIpc) is 2.62. The lowest BCUT2D eigenvalue weighted by molar-refractivity contribution is -0.130. The maximum atomic E-state index is 12.5. The first kappa shape index (κ1) is 20.5. The fraction of sp³-hybridized carbons (Fsp3) is 0.350. The highest BCUT2D eigenvalue weighted by molar-refractivity contribution is 5.76. The summed E-state index contributed by atoms with van der Waals surface area (Å²) in [7, 11) is 1.70.